The molecule has 0 atom stereocenters. The number of nitrogens with one attached hydrogen (secondary N) is 2. The van der Waals surface area contributed by atoms with Crippen molar-refractivity contribution in [2.75, 3.05) is 0 Å². The Balaban J connectivity index is 0. The molecule has 7 heavy (non-hydrogen) atoms. The van der Waals surface area contributed by atoms with E-state index in [4.69, 9.17) is 21.4 Å². The maximum atomic E-state index is 7.11. The first kappa shape index (κ1) is 9.17. The Kier molecular flexibility index (Phi) is 11.6. The van der Waals surface area contributed by atoms with E-state index in [0.29, 0.717) is 0 Å². The van der Waals surface area contributed by atoms with Crippen molar-refractivity contribution in [3.63, 3.8) is 0 Å². The summed E-state index contributed by atoms with van der Waals surface area (Å²) >= 11 is 0. The molecule has 0 spiro atoms. The van der Waals surface area contributed by atoms with Crippen LogP contribution in [0.2, 0.25) is 0 Å². The number of hydrogen-bond acceptors (Lipinski definition) is 2. The zero-order valence-electron chi connectivity index (χ0n) is 3.55. The number of nitrogens with zero attached hydrogens (tertiary/aromatic N) is 1. The predicted octanol–water partition coefficient (Wildman–Crippen LogP) is 0.229. The summed E-state index contributed by atoms with van der Waals surface area (Å²) in [6.45, 7) is 2.90. The Morgan fingerprint density at radius 2 is 1.57 bits per heavy atom. The summed E-state index contributed by atoms with van der Waals surface area (Å²) in [5.74, 6) is 1.75. The molecular formula is C2H6N3O2+. The summed E-state index contributed by atoms with van der Waals surface area (Å²) in [5, 5.41) is 19.3. The Hall–Kier alpha value is -1.35. The van der Waals surface area contributed by atoms with Crippen LogP contribution < -0.4 is 0 Å². The molecule has 0 aliphatic rings. The summed E-state index contributed by atoms with van der Waals surface area (Å²) in [6, 6.07) is 0. The molecule has 0 amide bonds. The summed E-state index contributed by atoms with van der Waals surface area (Å²) in [7, 11) is 0. The minimum absolute atomic E-state index is 0.750. The first-order valence-electron chi connectivity index (χ1n) is 1.23. The van der Waals surface area contributed by atoms with E-state index in [1.807, 2.05) is 0 Å². The minimum atomic E-state index is -0.750. The van der Waals surface area contributed by atoms with Gasteiger partial charge in [-0.25, -0.2) is 10.4 Å². The highest BCUT2D eigenvalue weighted by Gasteiger charge is 1.68. The predicted molar refractivity (Wildman–Crippen MR) is 19.9 cm³/mol. The van der Waals surface area contributed by atoms with Crippen molar-refractivity contribution in [1.82, 2.24) is 0 Å². The molecule has 0 rings (SSSR count). The lowest BCUT2D eigenvalue weighted by atomic mass is 11.2. The van der Waals surface area contributed by atoms with Crippen molar-refractivity contribution < 1.29 is 15.4 Å². The first-order valence-corrected chi connectivity index (χ1v) is 1.23. The Labute approximate surface area is 40.0 Å². The minimum Gasteiger partial charge on any atom is -0.259 e. The maximum Gasteiger partial charge on any atom is 0.326 e. The van der Waals surface area contributed by atoms with Gasteiger partial charge in [-0.05, 0) is 12.4 Å². The zero-order valence-corrected chi connectivity index (χ0v) is 3.55. The summed E-state index contributed by atoms with van der Waals surface area (Å²) in [5.41, 5.74) is 5.53. The van der Waals surface area contributed by atoms with Gasteiger partial charge in [0.1, 0.15) is 0 Å². The zero-order chi connectivity index (χ0) is 6.28. The van der Waals surface area contributed by atoms with Crippen molar-refractivity contribution in [3.05, 3.63) is 6.58 Å². The molecule has 5 heteroatoms. The fourth-order valence-electron chi connectivity index (χ4n) is 0. The molecular weight excluding hydrogens is 98.0 g/mol. The molecule has 0 fully saturated rings. The van der Waals surface area contributed by atoms with E-state index < -0.39 is 5.02 Å². The van der Waals surface area contributed by atoms with Gasteiger partial charge in [-0.1, -0.05) is 0 Å². The number of hydrogen-bond donors (Lipinski definition) is 4. The van der Waals surface area contributed by atoms with Crippen LogP contribution >= 0.6 is 0 Å². The molecule has 0 aromatic carbocycles. The van der Waals surface area contributed by atoms with Crippen LogP contribution in [0.5, 0.6) is 0 Å². The van der Waals surface area contributed by atoms with Crippen LogP contribution in [0.25, 0.3) is 0 Å². The van der Waals surface area contributed by atoms with Gasteiger partial charge >= 0.3 is 5.02 Å². The van der Waals surface area contributed by atoms with Gasteiger partial charge in [0.2, 0.25) is 0 Å². The average molecular weight is 104 g/mol. The van der Waals surface area contributed by atoms with Crippen molar-refractivity contribution in [2.45, 2.75) is 0 Å². The second-order valence-corrected chi connectivity index (χ2v) is 0.466. The van der Waals surface area contributed by atoms with E-state index in [1.54, 1.807) is 5.87 Å². The molecule has 0 aliphatic carbocycles. The lowest BCUT2D eigenvalue weighted by molar-refractivity contribution is -1.01. The quantitative estimate of drug-likeness (QED) is 0.201. The molecule has 0 aliphatic heterocycles. The molecule has 0 saturated carbocycles. The third-order valence-corrected chi connectivity index (χ3v) is 0. The second kappa shape index (κ2) is 8.82. The van der Waals surface area contributed by atoms with Gasteiger partial charge in [0.25, 0.3) is 0 Å². The highest BCUT2D eigenvalue weighted by molar-refractivity contribution is 5.41. The van der Waals surface area contributed by atoms with Gasteiger partial charge in [0, 0.05) is 5.53 Å². The smallest absolute Gasteiger partial charge is 0.259 e. The fourth-order valence-corrected chi connectivity index (χ4v) is 0. The van der Waals surface area contributed by atoms with Crippen molar-refractivity contribution >= 4 is 5.87 Å². The Bertz CT molecular complexity index is 78.9. The van der Waals surface area contributed by atoms with E-state index >= 15 is 0 Å². The van der Waals surface area contributed by atoms with E-state index in [1.165, 1.54) is 0 Å². The van der Waals surface area contributed by atoms with Crippen LogP contribution in [0, 0.1) is 10.9 Å². The van der Waals surface area contributed by atoms with Crippen molar-refractivity contribution in [3.8, 4) is 0 Å². The molecule has 40 valence electrons. The molecule has 0 saturated heterocycles. The lowest BCUT2D eigenvalue weighted by Crippen LogP contribution is -1.86. The van der Waals surface area contributed by atoms with E-state index in [-0.39, 0.29) is 0 Å². The molecule has 0 radical (unpaired) electrons. The second-order valence-electron chi connectivity index (χ2n) is 0.466. The van der Waals surface area contributed by atoms with Gasteiger partial charge in [0.15, 0.2) is 0 Å². The van der Waals surface area contributed by atoms with Crippen LogP contribution in [0.1, 0.15) is 0 Å². The topological polar surface area (TPSA) is 91.2 Å². The van der Waals surface area contributed by atoms with Gasteiger partial charge in [-0.15, -0.1) is 0 Å². The molecule has 0 unspecified atom stereocenters. The van der Waals surface area contributed by atoms with Crippen molar-refractivity contribution in [1.29, 1.82) is 10.9 Å². The highest BCUT2D eigenvalue weighted by Crippen LogP contribution is 1.32. The molecule has 5 nitrogen and oxygen atoms in total. The van der Waals surface area contributed by atoms with E-state index in [0.717, 1.165) is 0 Å². The van der Waals surface area contributed by atoms with Gasteiger partial charge < -0.3 is 0 Å². The Morgan fingerprint density at radius 3 is 1.57 bits per heavy atom. The number of rotatable bonds is 0. The maximum absolute atomic E-state index is 7.11. The fraction of sp³-hybridized carbons (Fsp3) is 0. The summed E-state index contributed by atoms with van der Waals surface area (Å²) < 4.78 is 0. The molecule has 0 heterocycles. The molecule has 0 aromatic rings. The molecule has 0 aromatic heterocycles. The third kappa shape index (κ3) is 17.9. The lowest BCUT2D eigenvalue weighted by Gasteiger charge is -1.52. The first-order chi connectivity index (χ1) is 3.15. The highest BCUT2D eigenvalue weighted by atomic mass is 16.8. The van der Waals surface area contributed by atoms with Crippen LogP contribution in [-0.4, -0.2) is 21.3 Å². The van der Waals surface area contributed by atoms with Crippen LogP contribution in [0.15, 0.2) is 6.58 Å². The van der Waals surface area contributed by atoms with Gasteiger partial charge in [0.05, 0.1) is 0 Å². The summed E-state index contributed by atoms with van der Waals surface area (Å²) in [4.78, 5) is 0. The van der Waals surface area contributed by atoms with Crippen molar-refractivity contribution in [2.24, 2.45) is 0 Å². The Morgan fingerprint density at radius 1 is 1.57 bits per heavy atom. The standard InChI is InChI=1S/C2H3N.H3N2O2/c1-2-3;1-2(3)4/h3H,1H2;(H3,1,3,4)/q;+1. The SMILES string of the molecule is C=C=N.N=[N+](O)O. The van der Waals surface area contributed by atoms with Crippen LogP contribution in [-0.2, 0) is 0 Å². The normalized spacial score (nSPS) is 4.57. The van der Waals surface area contributed by atoms with E-state index in [9.17, 15) is 0 Å². The van der Waals surface area contributed by atoms with Crippen LogP contribution in [0.4, 0.5) is 0 Å². The van der Waals surface area contributed by atoms with Gasteiger partial charge in [-0.2, -0.15) is 0 Å². The average Bonchev–Trinajstić information content (AvgIpc) is 1.33. The molecule has 4 N–H and O–H groups in total. The van der Waals surface area contributed by atoms with Crippen LogP contribution in [0.3, 0.4) is 0 Å². The van der Waals surface area contributed by atoms with Gasteiger partial charge in [-0.3, -0.25) is 5.41 Å². The summed E-state index contributed by atoms with van der Waals surface area (Å²) in [6.07, 6.45) is 0. The van der Waals surface area contributed by atoms with E-state index in [2.05, 4.69) is 6.58 Å². The monoisotopic (exact) mass is 104 g/mol. The largest absolute Gasteiger partial charge is 0.326 e. The third-order valence-electron chi connectivity index (χ3n) is 0. The molecule has 0 bridgehead atoms.